The molecule has 0 radical (unpaired) electrons. The maximum Gasteiger partial charge on any atom is 0.423 e. The van der Waals surface area contributed by atoms with E-state index in [4.69, 9.17) is 4.74 Å². The fraction of sp³-hybridized carbons (Fsp3) is 0.143. The number of para-hydroxylation sites is 1. The smallest absolute Gasteiger partial charge is 0.410 e. The summed E-state index contributed by atoms with van der Waals surface area (Å²) < 4.78 is 5.28. The molecule has 0 spiro atoms. The van der Waals surface area contributed by atoms with Crippen LogP contribution in [0.5, 0.6) is 5.75 Å². The SMILES string of the molecule is CC(C(=O)c1ccccc1)C1C=CN(C(=O)Oc2ccccc2)C=C1. The molecule has 0 saturated heterocycles. The van der Waals surface area contributed by atoms with E-state index < -0.39 is 6.09 Å². The number of hydrogen-bond acceptors (Lipinski definition) is 3. The van der Waals surface area contributed by atoms with Crippen LogP contribution in [0.3, 0.4) is 0 Å². The fourth-order valence-corrected chi connectivity index (χ4v) is 2.64. The van der Waals surface area contributed by atoms with Crippen LogP contribution in [0.15, 0.2) is 85.2 Å². The second kappa shape index (κ2) is 7.62. The summed E-state index contributed by atoms with van der Waals surface area (Å²) >= 11 is 0. The van der Waals surface area contributed by atoms with Gasteiger partial charge in [-0.3, -0.25) is 9.69 Å². The van der Waals surface area contributed by atoms with Gasteiger partial charge in [-0.05, 0) is 12.1 Å². The normalized spacial score (nSPS) is 15.0. The zero-order valence-electron chi connectivity index (χ0n) is 13.9. The molecule has 0 fully saturated rings. The summed E-state index contributed by atoms with van der Waals surface area (Å²) in [5, 5.41) is 0. The number of rotatable bonds is 4. The molecule has 0 bridgehead atoms. The Morgan fingerprint density at radius 1 is 0.920 bits per heavy atom. The predicted octanol–water partition coefficient (Wildman–Crippen LogP) is 4.66. The lowest BCUT2D eigenvalue weighted by Crippen LogP contribution is -2.28. The van der Waals surface area contributed by atoms with Crippen LogP contribution in [-0.2, 0) is 0 Å². The van der Waals surface area contributed by atoms with Crippen molar-refractivity contribution in [3.8, 4) is 5.75 Å². The summed E-state index contributed by atoms with van der Waals surface area (Å²) in [6.45, 7) is 1.90. The highest BCUT2D eigenvalue weighted by Gasteiger charge is 2.24. The van der Waals surface area contributed by atoms with Crippen molar-refractivity contribution in [3.63, 3.8) is 0 Å². The molecule has 0 aromatic heterocycles. The minimum absolute atomic E-state index is 0.0616. The average Bonchev–Trinajstić information content (AvgIpc) is 2.68. The molecular formula is C21H19NO3. The summed E-state index contributed by atoms with van der Waals surface area (Å²) in [7, 11) is 0. The van der Waals surface area contributed by atoms with Crippen LogP contribution >= 0.6 is 0 Å². The van der Waals surface area contributed by atoms with Gasteiger partial charge in [-0.25, -0.2) is 4.79 Å². The van der Waals surface area contributed by atoms with Crippen LogP contribution in [-0.4, -0.2) is 16.8 Å². The van der Waals surface area contributed by atoms with Gasteiger partial charge in [0.25, 0.3) is 0 Å². The maximum atomic E-state index is 12.5. The lowest BCUT2D eigenvalue weighted by atomic mass is 9.86. The minimum atomic E-state index is -0.487. The molecule has 4 heteroatoms. The highest BCUT2D eigenvalue weighted by Crippen LogP contribution is 2.23. The third-order valence-electron chi connectivity index (χ3n) is 4.15. The first kappa shape index (κ1) is 16.7. The van der Waals surface area contributed by atoms with Crippen LogP contribution in [0.2, 0.25) is 0 Å². The molecule has 0 N–H and O–H groups in total. The van der Waals surface area contributed by atoms with Crippen molar-refractivity contribution in [2.45, 2.75) is 6.92 Å². The van der Waals surface area contributed by atoms with E-state index in [1.807, 2.05) is 55.5 Å². The minimum Gasteiger partial charge on any atom is -0.410 e. The average molecular weight is 333 g/mol. The van der Waals surface area contributed by atoms with E-state index in [1.165, 1.54) is 4.90 Å². The lowest BCUT2D eigenvalue weighted by molar-refractivity contribution is 0.0913. The number of ether oxygens (including phenoxy) is 1. The summed E-state index contributed by atoms with van der Waals surface area (Å²) in [4.78, 5) is 26.0. The molecule has 1 heterocycles. The first-order valence-corrected chi connectivity index (χ1v) is 8.16. The summed E-state index contributed by atoms with van der Waals surface area (Å²) in [5.41, 5.74) is 0.697. The van der Waals surface area contributed by atoms with Gasteiger partial charge in [-0.2, -0.15) is 0 Å². The number of Topliss-reactive ketones (excluding diaryl/α,β-unsaturated/α-hetero) is 1. The van der Waals surface area contributed by atoms with Gasteiger partial charge in [-0.15, -0.1) is 0 Å². The molecule has 25 heavy (non-hydrogen) atoms. The van der Waals surface area contributed by atoms with Crippen molar-refractivity contribution in [1.82, 2.24) is 4.90 Å². The van der Waals surface area contributed by atoms with Crippen LogP contribution in [0, 0.1) is 11.8 Å². The van der Waals surface area contributed by atoms with Crippen molar-refractivity contribution in [2.24, 2.45) is 11.8 Å². The van der Waals surface area contributed by atoms with Crippen LogP contribution in [0.4, 0.5) is 4.79 Å². The van der Waals surface area contributed by atoms with Crippen LogP contribution in [0.25, 0.3) is 0 Å². The van der Waals surface area contributed by atoms with E-state index in [-0.39, 0.29) is 17.6 Å². The Morgan fingerprint density at radius 3 is 2.08 bits per heavy atom. The first-order valence-electron chi connectivity index (χ1n) is 8.16. The Hall–Kier alpha value is -3.14. The largest absolute Gasteiger partial charge is 0.423 e. The third kappa shape index (κ3) is 4.04. The summed E-state index contributed by atoms with van der Waals surface area (Å²) in [6.07, 6.45) is 6.49. The van der Waals surface area contributed by atoms with E-state index in [0.717, 1.165) is 0 Å². The second-order valence-electron chi connectivity index (χ2n) is 5.87. The van der Waals surface area contributed by atoms with Crippen molar-refractivity contribution in [2.75, 3.05) is 0 Å². The molecule has 126 valence electrons. The predicted molar refractivity (Wildman–Crippen MR) is 96.0 cm³/mol. The molecular weight excluding hydrogens is 314 g/mol. The van der Waals surface area contributed by atoms with Crippen molar-refractivity contribution in [3.05, 3.63) is 90.8 Å². The molecule has 4 nitrogen and oxygen atoms in total. The molecule has 1 unspecified atom stereocenters. The highest BCUT2D eigenvalue weighted by atomic mass is 16.6. The summed E-state index contributed by atoms with van der Waals surface area (Å²) in [5.74, 6) is 0.305. The second-order valence-corrected chi connectivity index (χ2v) is 5.87. The van der Waals surface area contributed by atoms with Gasteiger partial charge in [0.15, 0.2) is 5.78 Å². The topological polar surface area (TPSA) is 46.6 Å². The van der Waals surface area contributed by atoms with Gasteiger partial charge in [-0.1, -0.05) is 67.6 Å². The molecule has 0 saturated carbocycles. The van der Waals surface area contributed by atoms with Gasteiger partial charge in [0, 0.05) is 29.8 Å². The number of ketones is 1. The van der Waals surface area contributed by atoms with Gasteiger partial charge < -0.3 is 4.74 Å². The van der Waals surface area contributed by atoms with E-state index in [1.54, 1.807) is 36.7 Å². The molecule has 3 rings (SSSR count). The molecule has 1 aliphatic heterocycles. The van der Waals surface area contributed by atoms with Crippen molar-refractivity contribution < 1.29 is 14.3 Å². The maximum absolute atomic E-state index is 12.5. The molecule has 1 amide bonds. The highest BCUT2D eigenvalue weighted by molar-refractivity contribution is 5.98. The third-order valence-corrected chi connectivity index (χ3v) is 4.15. The first-order chi connectivity index (χ1) is 12.1. The van der Waals surface area contributed by atoms with E-state index in [0.29, 0.717) is 11.3 Å². The number of nitrogens with zero attached hydrogens (tertiary/aromatic N) is 1. The Labute approximate surface area is 147 Å². The Kier molecular flexibility index (Phi) is 5.09. The van der Waals surface area contributed by atoms with E-state index in [2.05, 4.69) is 0 Å². The van der Waals surface area contributed by atoms with Gasteiger partial charge in [0.05, 0.1) is 0 Å². The number of carbonyl (C=O) groups excluding carboxylic acids is 2. The number of carbonyl (C=O) groups is 2. The van der Waals surface area contributed by atoms with Gasteiger partial charge >= 0.3 is 6.09 Å². The zero-order valence-corrected chi connectivity index (χ0v) is 13.9. The Morgan fingerprint density at radius 2 is 1.48 bits per heavy atom. The zero-order chi connectivity index (χ0) is 17.6. The van der Waals surface area contributed by atoms with E-state index in [9.17, 15) is 9.59 Å². The lowest BCUT2D eigenvalue weighted by Gasteiger charge is -2.23. The van der Waals surface area contributed by atoms with Crippen LogP contribution in [0.1, 0.15) is 17.3 Å². The molecule has 2 aromatic carbocycles. The molecule has 0 aliphatic carbocycles. The van der Waals surface area contributed by atoms with Gasteiger partial charge in [0.2, 0.25) is 0 Å². The van der Waals surface area contributed by atoms with E-state index >= 15 is 0 Å². The molecule has 2 aromatic rings. The number of hydrogen-bond donors (Lipinski definition) is 0. The van der Waals surface area contributed by atoms with Crippen LogP contribution < -0.4 is 4.74 Å². The Bertz CT molecular complexity index is 782. The quantitative estimate of drug-likeness (QED) is 0.764. The number of allylic oxidation sites excluding steroid dienone is 2. The fourth-order valence-electron chi connectivity index (χ4n) is 2.64. The molecule has 1 atom stereocenters. The van der Waals surface area contributed by atoms with Crippen molar-refractivity contribution in [1.29, 1.82) is 0 Å². The standard InChI is InChI=1S/C21H19NO3/c1-16(20(23)18-8-4-2-5-9-18)17-12-14-22(15-13-17)21(24)25-19-10-6-3-7-11-19/h2-17H,1H3. The summed E-state index contributed by atoms with van der Waals surface area (Å²) in [6, 6.07) is 18.1. The van der Waals surface area contributed by atoms with Crippen molar-refractivity contribution >= 4 is 11.9 Å². The van der Waals surface area contributed by atoms with Gasteiger partial charge in [0.1, 0.15) is 5.75 Å². The number of amides is 1. The Balaban J connectivity index is 1.61. The molecule has 1 aliphatic rings. The monoisotopic (exact) mass is 333 g/mol. The number of benzene rings is 2.